The summed E-state index contributed by atoms with van der Waals surface area (Å²) < 4.78 is 0. The van der Waals surface area contributed by atoms with Gasteiger partial charge in [-0.05, 0) is 6.92 Å². The van der Waals surface area contributed by atoms with Crippen LogP contribution in [0.3, 0.4) is 0 Å². The van der Waals surface area contributed by atoms with Gasteiger partial charge in [-0.3, -0.25) is 0 Å². The summed E-state index contributed by atoms with van der Waals surface area (Å²) >= 11 is 1.74. The number of hydrogen-bond acceptors (Lipinski definition) is 2. The summed E-state index contributed by atoms with van der Waals surface area (Å²) in [7, 11) is 0. The van der Waals surface area contributed by atoms with E-state index >= 15 is 0 Å². The van der Waals surface area contributed by atoms with Gasteiger partial charge in [0.25, 0.3) is 0 Å². The van der Waals surface area contributed by atoms with Crippen LogP contribution in [-0.4, -0.2) is 23.2 Å². The fourth-order valence-corrected chi connectivity index (χ4v) is 0.994. The molecule has 0 aliphatic heterocycles. The molecule has 0 spiro atoms. The lowest BCUT2D eigenvalue weighted by Crippen LogP contribution is -1.86. The third kappa shape index (κ3) is 7.87. The highest BCUT2D eigenvalue weighted by Gasteiger charge is 1.82. The number of thioether (sulfide) groups is 1. The van der Waals surface area contributed by atoms with E-state index < -0.39 is 0 Å². The molecule has 0 aromatic carbocycles. The van der Waals surface area contributed by atoms with Crippen LogP contribution in [0.15, 0.2) is 0 Å². The van der Waals surface area contributed by atoms with E-state index in [0.717, 1.165) is 17.9 Å². The minimum atomic E-state index is 0.282. The molecule has 1 N–H and O–H groups in total. The van der Waals surface area contributed by atoms with E-state index in [-0.39, 0.29) is 6.61 Å². The zero-order valence-corrected chi connectivity index (χ0v) is 6.50. The molecule has 0 saturated carbocycles. The highest BCUT2D eigenvalue weighted by molar-refractivity contribution is 7.99. The molecule has 0 unspecified atom stereocenters. The summed E-state index contributed by atoms with van der Waals surface area (Å²) in [5, 5.41) is 8.37. The van der Waals surface area contributed by atoms with Gasteiger partial charge in [-0.25, -0.2) is 0 Å². The first-order valence-corrected chi connectivity index (χ1v) is 4.15. The van der Waals surface area contributed by atoms with Crippen molar-refractivity contribution in [1.82, 2.24) is 0 Å². The lowest BCUT2D eigenvalue weighted by Gasteiger charge is -1.91. The minimum Gasteiger partial charge on any atom is -0.396 e. The molecule has 52 valence electrons. The van der Waals surface area contributed by atoms with Gasteiger partial charge in [-0.2, -0.15) is 11.8 Å². The van der Waals surface area contributed by atoms with Crippen molar-refractivity contribution in [3.8, 4) is 11.8 Å². The third-order valence-electron chi connectivity index (χ3n) is 0.784. The van der Waals surface area contributed by atoms with Crippen LogP contribution in [0.25, 0.3) is 0 Å². The molecule has 0 aromatic heterocycles. The van der Waals surface area contributed by atoms with Gasteiger partial charge in [0.2, 0.25) is 0 Å². The van der Waals surface area contributed by atoms with Crippen LogP contribution >= 0.6 is 11.8 Å². The summed E-state index contributed by atoms with van der Waals surface area (Å²) in [5.41, 5.74) is 0. The molecule has 0 atom stereocenters. The molecular formula is C7H12OS. The lowest BCUT2D eigenvalue weighted by molar-refractivity contribution is 0.322. The second-order valence-corrected chi connectivity index (χ2v) is 2.74. The Balaban J connectivity index is 2.80. The van der Waals surface area contributed by atoms with Gasteiger partial charge in [-0.15, -0.1) is 11.8 Å². The van der Waals surface area contributed by atoms with Gasteiger partial charge >= 0.3 is 0 Å². The highest BCUT2D eigenvalue weighted by atomic mass is 32.2. The van der Waals surface area contributed by atoms with Gasteiger partial charge in [0.05, 0.1) is 6.61 Å². The molecule has 0 fully saturated rings. The van der Waals surface area contributed by atoms with Gasteiger partial charge in [0, 0.05) is 17.9 Å². The van der Waals surface area contributed by atoms with Crippen LogP contribution in [-0.2, 0) is 0 Å². The number of aliphatic hydroxyl groups excluding tert-OH is 1. The Hall–Kier alpha value is -0.130. The van der Waals surface area contributed by atoms with Crippen molar-refractivity contribution >= 4 is 11.8 Å². The van der Waals surface area contributed by atoms with Crippen LogP contribution in [0.1, 0.15) is 13.3 Å². The van der Waals surface area contributed by atoms with E-state index in [1.54, 1.807) is 11.8 Å². The van der Waals surface area contributed by atoms with Gasteiger partial charge in [0.15, 0.2) is 0 Å². The zero-order valence-electron chi connectivity index (χ0n) is 5.68. The number of rotatable bonds is 4. The molecule has 0 saturated heterocycles. The Morgan fingerprint density at radius 3 is 2.78 bits per heavy atom. The van der Waals surface area contributed by atoms with E-state index in [4.69, 9.17) is 5.11 Å². The molecule has 0 amide bonds. The second-order valence-electron chi connectivity index (χ2n) is 1.51. The average Bonchev–Trinajstić information content (AvgIpc) is 1.89. The van der Waals surface area contributed by atoms with Crippen molar-refractivity contribution in [2.24, 2.45) is 0 Å². The summed E-state index contributed by atoms with van der Waals surface area (Å²) in [6.07, 6.45) is 0.946. The molecular weight excluding hydrogens is 132 g/mol. The van der Waals surface area contributed by atoms with Crippen LogP contribution in [0.5, 0.6) is 0 Å². The van der Waals surface area contributed by atoms with Gasteiger partial charge in [0.1, 0.15) is 0 Å². The molecule has 1 nitrogen and oxygen atoms in total. The largest absolute Gasteiger partial charge is 0.396 e. The summed E-state index contributed by atoms with van der Waals surface area (Å²) in [5.74, 6) is 7.66. The molecule has 0 bridgehead atoms. The van der Waals surface area contributed by atoms with Gasteiger partial charge < -0.3 is 5.11 Å². The predicted octanol–water partition coefficient (Wildman–Crippen LogP) is 1.13. The fourth-order valence-electron chi connectivity index (χ4n) is 0.415. The minimum absolute atomic E-state index is 0.282. The predicted molar refractivity (Wildman–Crippen MR) is 42.5 cm³/mol. The van der Waals surface area contributed by atoms with Crippen LogP contribution in [0.2, 0.25) is 0 Å². The topological polar surface area (TPSA) is 20.2 Å². The SMILES string of the molecule is CC#CCCSCCO. The highest BCUT2D eigenvalue weighted by Crippen LogP contribution is 1.99. The standard InChI is InChI=1S/C7H12OS/c1-2-3-4-6-9-7-5-8/h8H,4-7H2,1H3. The Morgan fingerprint density at radius 1 is 1.44 bits per heavy atom. The fraction of sp³-hybridized carbons (Fsp3) is 0.714. The number of aliphatic hydroxyl groups is 1. The van der Waals surface area contributed by atoms with E-state index in [1.165, 1.54) is 0 Å². The Morgan fingerprint density at radius 2 is 2.22 bits per heavy atom. The lowest BCUT2D eigenvalue weighted by atomic mass is 10.5. The van der Waals surface area contributed by atoms with Gasteiger partial charge in [-0.1, -0.05) is 0 Å². The molecule has 0 aromatic rings. The summed E-state index contributed by atoms with van der Waals surface area (Å²) in [6.45, 7) is 2.13. The summed E-state index contributed by atoms with van der Waals surface area (Å²) in [6, 6.07) is 0. The first-order chi connectivity index (χ1) is 4.41. The monoisotopic (exact) mass is 144 g/mol. The Labute approximate surface area is 60.8 Å². The number of hydrogen-bond donors (Lipinski definition) is 1. The molecule has 0 rings (SSSR count). The van der Waals surface area contributed by atoms with E-state index in [0.29, 0.717) is 0 Å². The zero-order chi connectivity index (χ0) is 6.95. The first-order valence-electron chi connectivity index (χ1n) is 3.00. The molecule has 9 heavy (non-hydrogen) atoms. The van der Waals surface area contributed by atoms with Crippen LogP contribution < -0.4 is 0 Å². The van der Waals surface area contributed by atoms with E-state index in [9.17, 15) is 0 Å². The maximum Gasteiger partial charge on any atom is 0.0521 e. The maximum atomic E-state index is 8.37. The Kier molecular flexibility index (Phi) is 7.76. The second kappa shape index (κ2) is 7.87. The van der Waals surface area contributed by atoms with Crippen molar-refractivity contribution in [2.45, 2.75) is 13.3 Å². The smallest absolute Gasteiger partial charge is 0.0521 e. The van der Waals surface area contributed by atoms with Crippen molar-refractivity contribution < 1.29 is 5.11 Å². The van der Waals surface area contributed by atoms with Crippen LogP contribution in [0.4, 0.5) is 0 Å². The molecule has 0 aliphatic carbocycles. The first kappa shape index (κ1) is 8.87. The van der Waals surface area contributed by atoms with Crippen molar-refractivity contribution in [2.75, 3.05) is 18.1 Å². The van der Waals surface area contributed by atoms with Crippen molar-refractivity contribution in [1.29, 1.82) is 0 Å². The van der Waals surface area contributed by atoms with Crippen LogP contribution in [0, 0.1) is 11.8 Å². The van der Waals surface area contributed by atoms with E-state index in [2.05, 4.69) is 11.8 Å². The van der Waals surface area contributed by atoms with E-state index in [1.807, 2.05) is 6.92 Å². The Bertz CT molecular complexity index is 101. The average molecular weight is 144 g/mol. The molecule has 0 aliphatic rings. The van der Waals surface area contributed by atoms with Crippen molar-refractivity contribution in [3.63, 3.8) is 0 Å². The molecule has 0 radical (unpaired) electrons. The molecule has 0 heterocycles. The summed E-state index contributed by atoms with van der Waals surface area (Å²) in [4.78, 5) is 0. The normalized spacial score (nSPS) is 8.22. The molecule has 2 heteroatoms. The third-order valence-corrected chi connectivity index (χ3v) is 1.75. The van der Waals surface area contributed by atoms with Crippen molar-refractivity contribution in [3.05, 3.63) is 0 Å². The maximum absolute atomic E-state index is 8.37. The quantitative estimate of drug-likeness (QED) is 0.471.